The normalized spacial score (nSPS) is 21.1. The fraction of sp³-hybridized carbons (Fsp3) is 0.810. The van der Waals surface area contributed by atoms with Crippen molar-refractivity contribution < 1.29 is 4.74 Å². The van der Waals surface area contributed by atoms with E-state index in [-0.39, 0.29) is 0 Å². The van der Waals surface area contributed by atoms with E-state index in [9.17, 15) is 0 Å². The maximum atomic E-state index is 5.72. The second kappa shape index (κ2) is 11.6. The smallest absolute Gasteiger partial charge is 0.131 e. The number of hydrogen-bond acceptors (Lipinski definition) is 3. The molecule has 3 nitrogen and oxygen atoms in total. The third-order valence-corrected chi connectivity index (χ3v) is 5.31. The molecule has 2 rings (SSSR count). The van der Waals surface area contributed by atoms with E-state index >= 15 is 0 Å². The standard InChI is InChI=1S/C21H36N2O/c1-3-5-7-8-14-24-17-19-15-22-21(23-16-19)20-12-10-18(11-13-20)9-6-4-2/h15-16,18,20H,3-14,17H2,1-2H3. The summed E-state index contributed by atoms with van der Waals surface area (Å²) in [7, 11) is 0. The predicted octanol–water partition coefficient (Wildman–Crippen LogP) is 6.04. The SMILES string of the molecule is CCCCCCOCc1cnc(C2CCC(CCCC)CC2)nc1. The molecule has 1 aliphatic rings. The molecule has 0 unspecified atom stereocenters. The number of aromatic nitrogens is 2. The van der Waals surface area contributed by atoms with Crippen molar-refractivity contribution in [3.63, 3.8) is 0 Å². The van der Waals surface area contributed by atoms with Gasteiger partial charge in [-0.2, -0.15) is 0 Å². The summed E-state index contributed by atoms with van der Waals surface area (Å²) in [5.41, 5.74) is 1.10. The number of hydrogen-bond donors (Lipinski definition) is 0. The Bertz CT molecular complexity index is 424. The lowest BCUT2D eigenvalue weighted by atomic mass is 9.79. The first-order valence-corrected chi connectivity index (χ1v) is 10.2. The highest BCUT2D eigenvalue weighted by Gasteiger charge is 2.23. The minimum absolute atomic E-state index is 0.576. The van der Waals surface area contributed by atoms with Crippen LogP contribution in [-0.2, 0) is 11.3 Å². The van der Waals surface area contributed by atoms with Gasteiger partial charge in [0.15, 0.2) is 0 Å². The number of ether oxygens (including phenoxy) is 1. The molecule has 0 amide bonds. The van der Waals surface area contributed by atoms with Gasteiger partial charge in [-0.05, 0) is 38.0 Å². The third-order valence-electron chi connectivity index (χ3n) is 5.31. The molecule has 1 aliphatic carbocycles. The highest BCUT2D eigenvalue weighted by atomic mass is 16.5. The summed E-state index contributed by atoms with van der Waals surface area (Å²) in [6, 6.07) is 0. The van der Waals surface area contributed by atoms with E-state index in [4.69, 9.17) is 4.74 Å². The summed E-state index contributed by atoms with van der Waals surface area (Å²) in [6.45, 7) is 6.02. The van der Waals surface area contributed by atoms with E-state index in [0.29, 0.717) is 12.5 Å². The fourth-order valence-electron chi connectivity index (χ4n) is 3.67. The van der Waals surface area contributed by atoms with Crippen molar-refractivity contribution in [2.45, 2.75) is 97.0 Å². The average molecular weight is 333 g/mol. The van der Waals surface area contributed by atoms with Crippen LogP contribution in [0.4, 0.5) is 0 Å². The number of nitrogens with zero attached hydrogens (tertiary/aromatic N) is 2. The van der Waals surface area contributed by atoms with Crippen LogP contribution < -0.4 is 0 Å². The molecule has 0 aliphatic heterocycles. The summed E-state index contributed by atoms with van der Waals surface area (Å²) >= 11 is 0. The van der Waals surface area contributed by atoms with Crippen molar-refractivity contribution >= 4 is 0 Å². The van der Waals surface area contributed by atoms with Gasteiger partial charge in [0.2, 0.25) is 0 Å². The van der Waals surface area contributed by atoms with Crippen molar-refractivity contribution in [1.29, 1.82) is 0 Å². The van der Waals surface area contributed by atoms with E-state index in [1.54, 1.807) is 0 Å². The van der Waals surface area contributed by atoms with Crippen LogP contribution in [0.15, 0.2) is 12.4 Å². The van der Waals surface area contributed by atoms with Gasteiger partial charge in [0.05, 0.1) is 6.61 Å². The Kier molecular flexibility index (Phi) is 9.34. The molecule has 1 saturated carbocycles. The van der Waals surface area contributed by atoms with Crippen molar-refractivity contribution in [3.8, 4) is 0 Å². The molecule has 0 spiro atoms. The van der Waals surface area contributed by atoms with E-state index in [1.807, 2.05) is 12.4 Å². The number of rotatable bonds is 11. The van der Waals surface area contributed by atoms with Crippen LogP contribution in [0, 0.1) is 5.92 Å². The lowest BCUT2D eigenvalue weighted by Gasteiger charge is -2.27. The molecule has 0 atom stereocenters. The highest BCUT2D eigenvalue weighted by molar-refractivity contribution is 5.07. The maximum Gasteiger partial charge on any atom is 0.131 e. The van der Waals surface area contributed by atoms with E-state index in [0.717, 1.165) is 30.3 Å². The van der Waals surface area contributed by atoms with Crippen LogP contribution in [0.2, 0.25) is 0 Å². The Morgan fingerprint density at radius 2 is 1.62 bits per heavy atom. The zero-order valence-electron chi connectivity index (χ0n) is 15.8. The van der Waals surface area contributed by atoms with Crippen molar-refractivity contribution in [2.24, 2.45) is 5.92 Å². The Labute approximate surface area is 148 Å². The van der Waals surface area contributed by atoms with Crippen LogP contribution in [0.5, 0.6) is 0 Å². The van der Waals surface area contributed by atoms with Crippen LogP contribution in [0.1, 0.15) is 102 Å². The molecule has 136 valence electrons. The Morgan fingerprint density at radius 1 is 0.917 bits per heavy atom. The zero-order valence-corrected chi connectivity index (χ0v) is 15.8. The average Bonchev–Trinajstić information content (AvgIpc) is 2.64. The lowest BCUT2D eigenvalue weighted by Crippen LogP contribution is -2.15. The van der Waals surface area contributed by atoms with Gasteiger partial charge in [-0.3, -0.25) is 0 Å². The van der Waals surface area contributed by atoms with Crippen molar-refractivity contribution in [1.82, 2.24) is 9.97 Å². The molecular weight excluding hydrogens is 296 g/mol. The molecule has 0 bridgehead atoms. The molecule has 1 heterocycles. The molecule has 1 fully saturated rings. The molecule has 1 aromatic rings. The van der Waals surface area contributed by atoms with Crippen molar-refractivity contribution in [2.75, 3.05) is 6.61 Å². The van der Waals surface area contributed by atoms with Gasteiger partial charge in [0.25, 0.3) is 0 Å². The molecule has 0 radical (unpaired) electrons. The molecular formula is C21H36N2O. The van der Waals surface area contributed by atoms with Crippen LogP contribution in [-0.4, -0.2) is 16.6 Å². The van der Waals surface area contributed by atoms with Gasteiger partial charge in [-0.1, -0.05) is 52.4 Å². The summed E-state index contributed by atoms with van der Waals surface area (Å²) < 4.78 is 5.72. The zero-order chi connectivity index (χ0) is 17.0. The minimum Gasteiger partial charge on any atom is -0.377 e. The topological polar surface area (TPSA) is 35.0 Å². The van der Waals surface area contributed by atoms with Gasteiger partial charge in [-0.25, -0.2) is 9.97 Å². The van der Waals surface area contributed by atoms with E-state index in [1.165, 1.54) is 64.2 Å². The first-order chi connectivity index (χ1) is 11.8. The summed E-state index contributed by atoms with van der Waals surface area (Å²) in [5, 5.41) is 0. The van der Waals surface area contributed by atoms with Crippen molar-refractivity contribution in [3.05, 3.63) is 23.8 Å². The quantitative estimate of drug-likeness (QED) is 0.463. The van der Waals surface area contributed by atoms with E-state index < -0.39 is 0 Å². The first kappa shape index (κ1) is 19.4. The van der Waals surface area contributed by atoms with Gasteiger partial charge in [0, 0.05) is 30.5 Å². The van der Waals surface area contributed by atoms with E-state index in [2.05, 4.69) is 23.8 Å². The van der Waals surface area contributed by atoms with Gasteiger partial charge >= 0.3 is 0 Å². The summed E-state index contributed by atoms with van der Waals surface area (Å²) in [5.74, 6) is 2.57. The lowest BCUT2D eigenvalue weighted by molar-refractivity contribution is 0.116. The second-order valence-corrected chi connectivity index (χ2v) is 7.42. The molecule has 1 aromatic heterocycles. The second-order valence-electron chi connectivity index (χ2n) is 7.42. The monoisotopic (exact) mass is 332 g/mol. The van der Waals surface area contributed by atoms with Crippen LogP contribution in [0.3, 0.4) is 0 Å². The van der Waals surface area contributed by atoms with Gasteiger partial charge in [-0.15, -0.1) is 0 Å². The Balaban J connectivity index is 1.67. The summed E-state index contributed by atoms with van der Waals surface area (Å²) in [4.78, 5) is 9.25. The van der Waals surface area contributed by atoms with Gasteiger partial charge < -0.3 is 4.74 Å². The highest BCUT2D eigenvalue weighted by Crippen LogP contribution is 2.36. The fourth-order valence-corrected chi connectivity index (χ4v) is 3.67. The van der Waals surface area contributed by atoms with Crippen LogP contribution >= 0.6 is 0 Å². The molecule has 0 saturated heterocycles. The molecule has 0 N–H and O–H groups in total. The molecule has 24 heavy (non-hydrogen) atoms. The Hall–Kier alpha value is -0.960. The Morgan fingerprint density at radius 3 is 2.29 bits per heavy atom. The molecule has 0 aromatic carbocycles. The third kappa shape index (κ3) is 6.88. The van der Waals surface area contributed by atoms with Crippen LogP contribution in [0.25, 0.3) is 0 Å². The largest absolute Gasteiger partial charge is 0.377 e. The minimum atomic E-state index is 0.576. The predicted molar refractivity (Wildman–Crippen MR) is 100 cm³/mol. The maximum absolute atomic E-state index is 5.72. The van der Waals surface area contributed by atoms with Gasteiger partial charge in [0.1, 0.15) is 5.82 Å². The number of unbranched alkanes of at least 4 members (excludes halogenated alkanes) is 4. The molecule has 3 heteroatoms. The summed E-state index contributed by atoms with van der Waals surface area (Å²) in [6.07, 6.45) is 18.3. The first-order valence-electron chi connectivity index (χ1n) is 10.2.